The summed E-state index contributed by atoms with van der Waals surface area (Å²) in [7, 11) is 1.69. The smallest absolute Gasteiger partial charge is 0.0704 e. The molecule has 1 unspecified atom stereocenters. The zero-order valence-corrected chi connectivity index (χ0v) is 8.75. The molecule has 0 saturated carbocycles. The molecule has 0 rings (SSSR count). The van der Waals surface area contributed by atoms with Crippen molar-refractivity contribution in [1.29, 1.82) is 0 Å². The highest BCUT2D eigenvalue weighted by atomic mass is 16.5. The van der Waals surface area contributed by atoms with Crippen LogP contribution < -0.4 is 0 Å². The second-order valence-corrected chi connectivity index (χ2v) is 2.76. The number of ether oxygens (including phenoxy) is 3. The molecule has 0 aliphatic heterocycles. The van der Waals surface area contributed by atoms with Crippen molar-refractivity contribution in [3.05, 3.63) is 6.92 Å². The Balaban J connectivity index is 3.25. The van der Waals surface area contributed by atoms with Gasteiger partial charge in [0.25, 0.3) is 0 Å². The van der Waals surface area contributed by atoms with Crippen LogP contribution in [-0.2, 0) is 14.2 Å². The van der Waals surface area contributed by atoms with E-state index in [1.807, 2.05) is 6.92 Å². The Hall–Kier alpha value is -0.120. The van der Waals surface area contributed by atoms with E-state index in [1.165, 1.54) is 0 Å². The topological polar surface area (TPSA) is 27.7 Å². The quantitative estimate of drug-likeness (QED) is 0.516. The maximum atomic E-state index is 5.53. The standard InChI is InChI=1S/C10H21O3/c1-4-10(6-7-11-3)13-9-8-12-5-2/h10H,1,4-9H2,2-3H3. The van der Waals surface area contributed by atoms with Gasteiger partial charge in [0.2, 0.25) is 0 Å². The summed E-state index contributed by atoms with van der Waals surface area (Å²) in [5.74, 6) is 0. The number of rotatable bonds is 9. The fourth-order valence-corrected chi connectivity index (χ4v) is 0.978. The highest BCUT2D eigenvalue weighted by Gasteiger charge is 2.05. The van der Waals surface area contributed by atoms with Crippen molar-refractivity contribution in [3.63, 3.8) is 0 Å². The highest BCUT2D eigenvalue weighted by Crippen LogP contribution is 2.02. The van der Waals surface area contributed by atoms with Gasteiger partial charge in [0.15, 0.2) is 0 Å². The van der Waals surface area contributed by atoms with E-state index in [0.29, 0.717) is 13.2 Å². The summed E-state index contributed by atoms with van der Waals surface area (Å²) in [5.41, 5.74) is 0. The van der Waals surface area contributed by atoms with Gasteiger partial charge in [-0.1, -0.05) is 6.92 Å². The van der Waals surface area contributed by atoms with Gasteiger partial charge in [0.1, 0.15) is 0 Å². The van der Waals surface area contributed by atoms with Crippen LogP contribution in [0.1, 0.15) is 19.8 Å². The van der Waals surface area contributed by atoms with E-state index in [4.69, 9.17) is 14.2 Å². The van der Waals surface area contributed by atoms with E-state index in [2.05, 4.69) is 6.92 Å². The maximum absolute atomic E-state index is 5.53. The molecule has 0 aromatic rings. The average molecular weight is 189 g/mol. The number of hydrogen-bond acceptors (Lipinski definition) is 3. The van der Waals surface area contributed by atoms with Gasteiger partial charge in [-0.3, -0.25) is 0 Å². The van der Waals surface area contributed by atoms with Gasteiger partial charge in [0.05, 0.1) is 19.3 Å². The van der Waals surface area contributed by atoms with Crippen molar-refractivity contribution in [2.75, 3.05) is 33.5 Å². The van der Waals surface area contributed by atoms with Gasteiger partial charge in [-0.05, 0) is 19.8 Å². The normalized spacial score (nSPS) is 13.2. The molecule has 0 fully saturated rings. The van der Waals surface area contributed by atoms with E-state index >= 15 is 0 Å². The van der Waals surface area contributed by atoms with Gasteiger partial charge in [-0.15, -0.1) is 0 Å². The minimum atomic E-state index is 0.209. The van der Waals surface area contributed by atoms with E-state index in [1.54, 1.807) is 7.11 Å². The zero-order chi connectivity index (χ0) is 9.94. The van der Waals surface area contributed by atoms with Crippen LogP contribution in [0.4, 0.5) is 0 Å². The van der Waals surface area contributed by atoms with Gasteiger partial charge < -0.3 is 14.2 Å². The van der Waals surface area contributed by atoms with Crippen LogP contribution in [0, 0.1) is 6.92 Å². The molecule has 3 nitrogen and oxygen atoms in total. The molecule has 0 aliphatic rings. The fraction of sp³-hybridized carbons (Fsp3) is 0.900. The molecule has 0 saturated heterocycles. The first-order chi connectivity index (χ1) is 6.35. The monoisotopic (exact) mass is 189 g/mol. The lowest BCUT2D eigenvalue weighted by molar-refractivity contribution is -0.00439. The average Bonchev–Trinajstić information content (AvgIpc) is 2.17. The Morgan fingerprint density at radius 3 is 2.54 bits per heavy atom. The molecule has 3 heteroatoms. The summed E-state index contributed by atoms with van der Waals surface area (Å²) in [6.07, 6.45) is 1.90. The van der Waals surface area contributed by atoms with E-state index in [9.17, 15) is 0 Å². The minimum absolute atomic E-state index is 0.209. The molecule has 0 N–H and O–H groups in total. The largest absolute Gasteiger partial charge is 0.385 e. The van der Waals surface area contributed by atoms with Crippen molar-refractivity contribution >= 4 is 0 Å². The summed E-state index contributed by atoms with van der Waals surface area (Å²) >= 11 is 0. The van der Waals surface area contributed by atoms with Gasteiger partial charge in [-0.2, -0.15) is 0 Å². The summed E-state index contributed by atoms with van der Waals surface area (Å²) in [6, 6.07) is 0. The zero-order valence-electron chi connectivity index (χ0n) is 8.75. The number of methoxy groups -OCH3 is 1. The van der Waals surface area contributed by atoms with Crippen molar-refractivity contribution in [2.24, 2.45) is 0 Å². The van der Waals surface area contributed by atoms with Gasteiger partial charge in [0, 0.05) is 20.3 Å². The van der Waals surface area contributed by atoms with E-state index in [-0.39, 0.29) is 6.10 Å². The predicted molar refractivity (Wildman–Crippen MR) is 52.7 cm³/mol. The first-order valence-corrected chi connectivity index (χ1v) is 4.82. The predicted octanol–water partition coefficient (Wildman–Crippen LogP) is 1.67. The van der Waals surface area contributed by atoms with E-state index in [0.717, 1.165) is 26.1 Å². The molecule has 0 aliphatic carbocycles. The van der Waals surface area contributed by atoms with Crippen LogP contribution in [0.5, 0.6) is 0 Å². The molecule has 0 heterocycles. The third kappa shape index (κ3) is 8.22. The van der Waals surface area contributed by atoms with Gasteiger partial charge in [-0.25, -0.2) is 0 Å². The number of hydrogen-bond donors (Lipinski definition) is 0. The summed E-state index contributed by atoms with van der Waals surface area (Å²) in [6.45, 7) is 8.59. The lowest BCUT2D eigenvalue weighted by atomic mass is 10.2. The minimum Gasteiger partial charge on any atom is -0.385 e. The summed E-state index contributed by atoms with van der Waals surface area (Å²) in [5, 5.41) is 0. The molecule has 0 aromatic carbocycles. The molecule has 1 atom stereocenters. The molecule has 0 spiro atoms. The third-order valence-corrected chi connectivity index (χ3v) is 1.75. The second-order valence-electron chi connectivity index (χ2n) is 2.76. The van der Waals surface area contributed by atoms with Crippen molar-refractivity contribution in [2.45, 2.75) is 25.9 Å². The molecule has 13 heavy (non-hydrogen) atoms. The van der Waals surface area contributed by atoms with Crippen LogP contribution in [0.25, 0.3) is 0 Å². The molecule has 1 radical (unpaired) electrons. The van der Waals surface area contributed by atoms with Crippen LogP contribution in [0.3, 0.4) is 0 Å². The van der Waals surface area contributed by atoms with Crippen molar-refractivity contribution < 1.29 is 14.2 Å². The molecule has 79 valence electrons. The van der Waals surface area contributed by atoms with Crippen LogP contribution in [0.15, 0.2) is 0 Å². The molecule has 0 bridgehead atoms. The van der Waals surface area contributed by atoms with Crippen LogP contribution in [0.2, 0.25) is 0 Å². The van der Waals surface area contributed by atoms with E-state index < -0.39 is 0 Å². The molecular weight excluding hydrogens is 168 g/mol. The Bertz CT molecular complexity index is 96.2. The Morgan fingerprint density at radius 1 is 1.23 bits per heavy atom. The Morgan fingerprint density at radius 2 is 2.00 bits per heavy atom. The first kappa shape index (κ1) is 12.9. The first-order valence-electron chi connectivity index (χ1n) is 4.82. The van der Waals surface area contributed by atoms with Gasteiger partial charge >= 0.3 is 0 Å². The van der Waals surface area contributed by atoms with Crippen LogP contribution >= 0.6 is 0 Å². The fourth-order valence-electron chi connectivity index (χ4n) is 0.978. The Kier molecular flexibility index (Phi) is 9.87. The second kappa shape index (κ2) is 9.96. The lowest BCUT2D eigenvalue weighted by Crippen LogP contribution is -2.17. The summed E-state index contributed by atoms with van der Waals surface area (Å²) in [4.78, 5) is 0. The Labute approximate surface area is 81.4 Å². The molecular formula is C10H21O3. The van der Waals surface area contributed by atoms with Crippen molar-refractivity contribution in [1.82, 2.24) is 0 Å². The van der Waals surface area contributed by atoms with Crippen molar-refractivity contribution in [3.8, 4) is 0 Å². The molecule has 0 aromatic heterocycles. The lowest BCUT2D eigenvalue weighted by Gasteiger charge is -2.15. The van der Waals surface area contributed by atoms with Crippen LogP contribution in [-0.4, -0.2) is 39.6 Å². The summed E-state index contributed by atoms with van der Waals surface area (Å²) < 4.78 is 15.6. The highest BCUT2D eigenvalue weighted by molar-refractivity contribution is 4.58. The molecule has 0 amide bonds. The maximum Gasteiger partial charge on any atom is 0.0704 e. The SMILES string of the molecule is [CH2]CC(CCOC)OCCOCC. The third-order valence-electron chi connectivity index (χ3n) is 1.75.